The zero-order valence-corrected chi connectivity index (χ0v) is 12.6. The summed E-state index contributed by atoms with van der Waals surface area (Å²) in [6.07, 6.45) is 0.347. The zero-order valence-electron chi connectivity index (χ0n) is 12.6. The predicted molar refractivity (Wildman–Crippen MR) is 74.2 cm³/mol. The van der Waals surface area contributed by atoms with Crippen molar-refractivity contribution >= 4 is 17.9 Å². The number of hydrogen-bond donors (Lipinski definition) is 3. The molecule has 0 bridgehead atoms. The van der Waals surface area contributed by atoms with Gasteiger partial charge in [0.25, 0.3) is 0 Å². The molecule has 0 aliphatic carbocycles. The summed E-state index contributed by atoms with van der Waals surface area (Å²) in [6, 6.07) is -1.84. The first kappa shape index (κ1) is 17.2. The van der Waals surface area contributed by atoms with Crippen LogP contribution in [-0.2, 0) is 14.3 Å². The number of carbonyl (C=O) groups is 3. The molecule has 0 radical (unpaired) electrons. The van der Waals surface area contributed by atoms with E-state index in [2.05, 4.69) is 5.32 Å². The lowest BCUT2D eigenvalue weighted by atomic mass is 10.2. The van der Waals surface area contributed by atoms with E-state index in [1.54, 1.807) is 20.8 Å². The Labute approximate surface area is 123 Å². The van der Waals surface area contributed by atoms with E-state index >= 15 is 0 Å². The van der Waals surface area contributed by atoms with Crippen molar-refractivity contribution in [1.29, 1.82) is 0 Å². The van der Waals surface area contributed by atoms with E-state index in [1.807, 2.05) is 0 Å². The van der Waals surface area contributed by atoms with Gasteiger partial charge in [0.15, 0.2) is 0 Å². The molecule has 0 saturated carbocycles. The minimum absolute atomic E-state index is 0.374. The number of ether oxygens (including phenoxy) is 1. The summed E-state index contributed by atoms with van der Waals surface area (Å²) in [4.78, 5) is 36.5. The maximum atomic E-state index is 12.3. The number of likely N-dealkylation sites (tertiary alicyclic amines) is 1. The SMILES string of the molecule is CC(C)(C)OC(=O)N[C@H](CO)C(=O)N1CCC[C@H]1C(N)=O. The van der Waals surface area contributed by atoms with E-state index in [9.17, 15) is 19.5 Å². The van der Waals surface area contributed by atoms with Crippen LogP contribution in [0.4, 0.5) is 4.79 Å². The summed E-state index contributed by atoms with van der Waals surface area (Å²) in [6.45, 7) is 4.85. The van der Waals surface area contributed by atoms with Crippen molar-refractivity contribution in [3.05, 3.63) is 0 Å². The lowest BCUT2D eigenvalue weighted by molar-refractivity contribution is -0.139. The molecule has 8 nitrogen and oxygen atoms in total. The molecular formula is C13H23N3O5. The Morgan fingerprint density at radius 2 is 2.05 bits per heavy atom. The van der Waals surface area contributed by atoms with E-state index in [0.717, 1.165) is 0 Å². The van der Waals surface area contributed by atoms with Crippen LogP contribution in [0.5, 0.6) is 0 Å². The van der Waals surface area contributed by atoms with E-state index < -0.39 is 42.2 Å². The van der Waals surface area contributed by atoms with Crippen molar-refractivity contribution in [2.24, 2.45) is 5.73 Å². The third kappa shape index (κ3) is 4.89. The van der Waals surface area contributed by atoms with Gasteiger partial charge in [-0.1, -0.05) is 0 Å². The second-order valence-corrected chi connectivity index (χ2v) is 5.97. The van der Waals surface area contributed by atoms with Gasteiger partial charge >= 0.3 is 6.09 Å². The number of rotatable bonds is 4. The highest BCUT2D eigenvalue weighted by Gasteiger charge is 2.36. The molecule has 1 rings (SSSR count). The Hall–Kier alpha value is -1.83. The average molecular weight is 301 g/mol. The fourth-order valence-corrected chi connectivity index (χ4v) is 2.16. The van der Waals surface area contributed by atoms with Crippen LogP contribution in [0.1, 0.15) is 33.6 Å². The van der Waals surface area contributed by atoms with Gasteiger partial charge in [0.1, 0.15) is 17.7 Å². The molecule has 1 aliphatic heterocycles. The Morgan fingerprint density at radius 3 is 2.52 bits per heavy atom. The molecule has 3 amide bonds. The van der Waals surface area contributed by atoms with Crippen LogP contribution < -0.4 is 11.1 Å². The molecule has 4 N–H and O–H groups in total. The van der Waals surface area contributed by atoms with Crippen LogP contribution in [0.2, 0.25) is 0 Å². The summed E-state index contributed by atoms with van der Waals surface area (Å²) < 4.78 is 5.03. The third-order valence-electron chi connectivity index (χ3n) is 3.04. The van der Waals surface area contributed by atoms with Gasteiger partial charge in [0, 0.05) is 6.54 Å². The number of hydrogen-bond acceptors (Lipinski definition) is 5. The Kier molecular flexibility index (Phi) is 5.54. The van der Waals surface area contributed by atoms with Gasteiger partial charge in [-0.2, -0.15) is 0 Å². The molecule has 1 saturated heterocycles. The molecule has 21 heavy (non-hydrogen) atoms. The topological polar surface area (TPSA) is 122 Å². The van der Waals surface area contributed by atoms with E-state index in [1.165, 1.54) is 4.90 Å². The summed E-state index contributed by atoms with van der Waals surface area (Å²) in [5.74, 6) is -1.13. The highest BCUT2D eigenvalue weighted by molar-refractivity contribution is 5.91. The van der Waals surface area contributed by atoms with Gasteiger partial charge in [-0.05, 0) is 33.6 Å². The molecule has 1 aliphatic rings. The predicted octanol–water partition coefficient (Wildman–Crippen LogP) is -0.652. The number of nitrogens with one attached hydrogen (secondary N) is 1. The lowest BCUT2D eigenvalue weighted by Gasteiger charge is -2.27. The quantitative estimate of drug-likeness (QED) is 0.637. The number of aliphatic hydroxyl groups excluding tert-OH is 1. The molecule has 1 fully saturated rings. The van der Waals surface area contributed by atoms with Crippen LogP contribution >= 0.6 is 0 Å². The number of nitrogens with two attached hydrogens (primary N) is 1. The van der Waals surface area contributed by atoms with Crippen LogP contribution in [-0.4, -0.2) is 58.8 Å². The summed E-state index contributed by atoms with van der Waals surface area (Å²) >= 11 is 0. The molecule has 0 aromatic carbocycles. The summed E-state index contributed by atoms with van der Waals surface area (Å²) in [5, 5.41) is 11.6. The van der Waals surface area contributed by atoms with Gasteiger partial charge in [-0.15, -0.1) is 0 Å². The maximum Gasteiger partial charge on any atom is 0.408 e. The number of aliphatic hydroxyl groups is 1. The van der Waals surface area contributed by atoms with Crippen molar-refractivity contribution in [2.45, 2.75) is 51.3 Å². The van der Waals surface area contributed by atoms with Gasteiger partial charge in [0.05, 0.1) is 6.61 Å². The summed E-state index contributed by atoms with van der Waals surface area (Å²) in [7, 11) is 0. The molecule has 0 aromatic rings. The standard InChI is InChI=1S/C13H23N3O5/c1-13(2,3)21-12(20)15-8(7-17)11(19)16-6-4-5-9(16)10(14)18/h8-9,17H,4-7H2,1-3H3,(H2,14,18)(H,15,20)/t8-,9+/m1/s1. The molecule has 2 atom stereocenters. The second kappa shape index (κ2) is 6.75. The first-order valence-corrected chi connectivity index (χ1v) is 6.86. The molecule has 1 heterocycles. The van der Waals surface area contributed by atoms with Crippen molar-refractivity contribution in [3.63, 3.8) is 0 Å². The highest BCUT2D eigenvalue weighted by Crippen LogP contribution is 2.18. The maximum absolute atomic E-state index is 12.3. The normalized spacial score (nSPS) is 20.0. The number of alkyl carbamates (subject to hydrolysis) is 1. The van der Waals surface area contributed by atoms with Crippen LogP contribution in [0.15, 0.2) is 0 Å². The molecular weight excluding hydrogens is 278 g/mol. The van der Waals surface area contributed by atoms with E-state index in [4.69, 9.17) is 10.5 Å². The fraction of sp³-hybridized carbons (Fsp3) is 0.769. The first-order chi connectivity index (χ1) is 9.65. The minimum Gasteiger partial charge on any atom is -0.444 e. The van der Waals surface area contributed by atoms with Gasteiger partial charge in [-0.25, -0.2) is 4.79 Å². The average Bonchev–Trinajstić information content (AvgIpc) is 2.82. The monoisotopic (exact) mass is 301 g/mol. The van der Waals surface area contributed by atoms with Crippen LogP contribution in [0.3, 0.4) is 0 Å². The van der Waals surface area contributed by atoms with Crippen molar-refractivity contribution in [2.75, 3.05) is 13.2 Å². The lowest BCUT2D eigenvalue weighted by Crippen LogP contribution is -2.54. The number of carbonyl (C=O) groups excluding carboxylic acids is 3. The molecule has 0 aromatic heterocycles. The van der Waals surface area contributed by atoms with Gasteiger partial charge in [0.2, 0.25) is 11.8 Å². The largest absolute Gasteiger partial charge is 0.444 e. The Balaban J connectivity index is 2.69. The minimum atomic E-state index is -1.15. The van der Waals surface area contributed by atoms with Crippen LogP contribution in [0, 0.1) is 0 Å². The first-order valence-electron chi connectivity index (χ1n) is 6.86. The fourth-order valence-electron chi connectivity index (χ4n) is 2.16. The smallest absolute Gasteiger partial charge is 0.408 e. The van der Waals surface area contributed by atoms with Gasteiger partial charge in [-0.3, -0.25) is 9.59 Å². The molecule has 8 heteroatoms. The molecule has 120 valence electrons. The molecule has 0 spiro atoms. The second-order valence-electron chi connectivity index (χ2n) is 5.97. The van der Waals surface area contributed by atoms with Crippen molar-refractivity contribution < 1.29 is 24.2 Å². The number of nitrogens with zero attached hydrogens (tertiary/aromatic N) is 1. The van der Waals surface area contributed by atoms with E-state index in [0.29, 0.717) is 19.4 Å². The van der Waals surface area contributed by atoms with E-state index in [-0.39, 0.29) is 0 Å². The third-order valence-corrected chi connectivity index (χ3v) is 3.04. The Bertz CT molecular complexity index is 419. The highest BCUT2D eigenvalue weighted by atomic mass is 16.6. The van der Waals surface area contributed by atoms with Crippen molar-refractivity contribution in [3.8, 4) is 0 Å². The summed E-state index contributed by atoms with van der Waals surface area (Å²) in [5.41, 5.74) is 4.53. The van der Waals surface area contributed by atoms with Crippen molar-refractivity contribution in [1.82, 2.24) is 10.2 Å². The van der Waals surface area contributed by atoms with Gasteiger partial charge < -0.3 is 25.8 Å². The zero-order chi connectivity index (χ0) is 16.2. The van der Waals surface area contributed by atoms with Crippen LogP contribution in [0.25, 0.3) is 0 Å². The molecule has 0 unspecified atom stereocenters. The number of amides is 3. The Morgan fingerprint density at radius 1 is 1.43 bits per heavy atom. The number of primary amides is 1.